The highest BCUT2D eigenvalue weighted by Gasteiger charge is 2.22. The summed E-state index contributed by atoms with van der Waals surface area (Å²) in [5, 5.41) is 12.7. The minimum absolute atomic E-state index is 0.0721. The molecule has 7 heteroatoms. The molecule has 2 amide bonds. The van der Waals surface area contributed by atoms with Crippen molar-refractivity contribution in [1.29, 1.82) is 0 Å². The van der Waals surface area contributed by atoms with E-state index in [9.17, 15) is 14.4 Å². The van der Waals surface area contributed by atoms with E-state index < -0.39 is 17.8 Å². The third-order valence-corrected chi connectivity index (χ3v) is 3.40. The van der Waals surface area contributed by atoms with Gasteiger partial charge in [-0.1, -0.05) is 18.2 Å². The lowest BCUT2D eigenvalue weighted by Gasteiger charge is -2.25. The van der Waals surface area contributed by atoms with Crippen LogP contribution in [0, 0.1) is 0 Å². The van der Waals surface area contributed by atoms with Crippen molar-refractivity contribution in [2.75, 3.05) is 13.1 Å². The number of hydrazone groups is 1. The van der Waals surface area contributed by atoms with Gasteiger partial charge in [-0.25, -0.2) is 10.2 Å². The summed E-state index contributed by atoms with van der Waals surface area (Å²) < 4.78 is 0. The maximum atomic E-state index is 11.9. The van der Waals surface area contributed by atoms with E-state index in [-0.39, 0.29) is 5.56 Å². The number of nitrogens with one attached hydrogen (secondary N) is 1. The first-order chi connectivity index (χ1) is 10.6. The summed E-state index contributed by atoms with van der Waals surface area (Å²) in [6.45, 7) is 1.16. The second-order valence-corrected chi connectivity index (χ2v) is 4.94. The van der Waals surface area contributed by atoms with E-state index in [4.69, 9.17) is 5.11 Å². The van der Waals surface area contributed by atoms with Crippen LogP contribution in [0.25, 0.3) is 0 Å². The molecular formula is C15H17N3O4. The van der Waals surface area contributed by atoms with Crippen molar-refractivity contribution in [3.63, 3.8) is 0 Å². The number of carboxylic acid groups (broad SMARTS) is 1. The number of nitrogens with zero attached hydrogens (tertiary/aromatic N) is 2. The maximum Gasteiger partial charge on any atom is 0.336 e. The molecule has 1 aliphatic heterocycles. The molecule has 0 spiro atoms. The number of aromatic carboxylic acids is 1. The third kappa shape index (κ3) is 3.91. The van der Waals surface area contributed by atoms with Gasteiger partial charge in [0.2, 0.25) is 0 Å². The van der Waals surface area contributed by atoms with E-state index in [1.54, 1.807) is 18.2 Å². The number of carboxylic acids is 1. The van der Waals surface area contributed by atoms with Crippen LogP contribution in [0.2, 0.25) is 0 Å². The van der Waals surface area contributed by atoms with Gasteiger partial charge in [0.25, 0.3) is 0 Å². The van der Waals surface area contributed by atoms with Crippen LogP contribution in [0.1, 0.15) is 35.2 Å². The SMILES string of the molecule is O=C(NN=Cc1ccccc1C(=O)O)C(=O)N1CCCCC1. The van der Waals surface area contributed by atoms with Gasteiger partial charge in [0, 0.05) is 18.7 Å². The van der Waals surface area contributed by atoms with Crippen LogP contribution in [0.3, 0.4) is 0 Å². The van der Waals surface area contributed by atoms with Gasteiger partial charge >= 0.3 is 17.8 Å². The molecule has 1 heterocycles. The molecule has 1 aromatic carbocycles. The van der Waals surface area contributed by atoms with Crippen molar-refractivity contribution in [2.24, 2.45) is 5.10 Å². The first-order valence-corrected chi connectivity index (χ1v) is 7.04. The normalized spacial score (nSPS) is 14.8. The summed E-state index contributed by atoms with van der Waals surface area (Å²) in [5.41, 5.74) is 2.56. The molecule has 1 fully saturated rings. The highest BCUT2D eigenvalue weighted by atomic mass is 16.4. The maximum absolute atomic E-state index is 11.9. The molecule has 22 heavy (non-hydrogen) atoms. The Labute approximate surface area is 127 Å². The molecule has 0 aromatic heterocycles. The largest absolute Gasteiger partial charge is 0.478 e. The fraction of sp³-hybridized carbons (Fsp3) is 0.333. The standard InChI is InChI=1S/C15H17N3O4/c19-13(14(20)18-8-4-1-5-9-18)17-16-10-11-6-2-3-7-12(11)15(21)22/h2-3,6-7,10H,1,4-5,8-9H2,(H,17,19)(H,21,22). The van der Waals surface area contributed by atoms with Crippen molar-refractivity contribution < 1.29 is 19.5 Å². The Kier molecular flexibility index (Phi) is 5.24. The average molecular weight is 303 g/mol. The Bertz CT molecular complexity index is 607. The second-order valence-electron chi connectivity index (χ2n) is 4.94. The summed E-state index contributed by atoms with van der Waals surface area (Å²) in [5.74, 6) is -2.51. The molecule has 116 valence electrons. The van der Waals surface area contributed by atoms with Crippen LogP contribution >= 0.6 is 0 Å². The van der Waals surface area contributed by atoms with E-state index in [0.29, 0.717) is 18.7 Å². The Morgan fingerprint density at radius 1 is 1.14 bits per heavy atom. The zero-order valence-electron chi connectivity index (χ0n) is 12.0. The number of rotatable bonds is 3. The number of carbonyl (C=O) groups is 3. The molecular weight excluding hydrogens is 286 g/mol. The Morgan fingerprint density at radius 3 is 2.50 bits per heavy atom. The van der Waals surface area contributed by atoms with Crippen LogP contribution in [-0.4, -0.2) is 47.1 Å². The molecule has 1 saturated heterocycles. The number of piperidine rings is 1. The smallest absolute Gasteiger partial charge is 0.336 e. The number of likely N-dealkylation sites (tertiary alicyclic amines) is 1. The van der Waals surface area contributed by atoms with E-state index in [2.05, 4.69) is 10.5 Å². The zero-order chi connectivity index (χ0) is 15.9. The van der Waals surface area contributed by atoms with Crippen LogP contribution in [0.4, 0.5) is 0 Å². The third-order valence-electron chi connectivity index (χ3n) is 3.40. The van der Waals surface area contributed by atoms with Gasteiger partial charge in [-0.15, -0.1) is 0 Å². The van der Waals surface area contributed by atoms with Gasteiger partial charge in [0.1, 0.15) is 0 Å². The molecule has 0 aliphatic carbocycles. The Balaban J connectivity index is 1.96. The minimum atomic E-state index is -1.09. The molecule has 0 radical (unpaired) electrons. The van der Waals surface area contributed by atoms with Crippen molar-refractivity contribution in [3.8, 4) is 0 Å². The van der Waals surface area contributed by atoms with E-state index in [0.717, 1.165) is 19.3 Å². The molecule has 1 aromatic rings. The summed E-state index contributed by atoms with van der Waals surface area (Å²) in [6.07, 6.45) is 4.07. The highest BCUT2D eigenvalue weighted by molar-refractivity contribution is 6.35. The zero-order valence-corrected chi connectivity index (χ0v) is 12.0. The molecule has 0 unspecified atom stereocenters. The lowest BCUT2D eigenvalue weighted by Crippen LogP contribution is -2.43. The molecule has 0 bridgehead atoms. The summed E-state index contributed by atoms with van der Waals surface area (Å²) in [7, 11) is 0. The molecule has 0 saturated carbocycles. The molecule has 7 nitrogen and oxygen atoms in total. The van der Waals surface area contributed by atoms with Crippen molar-refractivity contribution in [1.82, 2.24) is 10.3 Å². The number of amides is 2. The highest BCUT2D eigenvalue weighted by Crippen LogP contribution is 2.08. The quantitative estimate of drug-likeness (QED) is 0.491. The van der Waals surface area contributed by atoms with Gasteiger partial charge in [-0.3, -0.25) is 9.59 Å². The van der Waals surface area contributed by atoms with Crippen molar-refractivity contribution >= 4 is 24.0 Å². The Hall–Kier alpha value is -2.70. The van der Waals surface area contributed by atoms with Gasteiger partial charge < -0.3 is 10.0 Å². The number of benzene rings is 1. The number of hydrogen-bond donors (Lipinski definition) is 2. The minimum Gasteiger partial charge on any atom is -0.478 e. The predicted octanol–water partition coefficient (Wildman–Crippen LogP) is 0.847. The lowest BCUT2D eigenvalue weighted by molar-refractivity contribution is -0.146. The fourth-order valence-electron chi connectivity index (χ4n) is 2.25. The van der Waals surface area contributed by atoms with Gasteiger partial charge in [0.05, 0.1) is 11.8 Å². The molecule has 0 atom stereocenters. The van der Waals surface area contributed by atoms with Crippen molar-refractivity contribution in [2.45, 2.75) is 19.3 Å². The Morgan fingerprint density at radius 2 is 1.82 bits per heavy atom. The van der Waals surface area contributed by atoms with E-state index in [1.807, 2.05) is 0 Å². The molecule has 1 aliphatic rings. The van der Waals surface area contributed by atoms with Gasteiger partial charge in [-0.2, -0.15) is 5.10 Å². The van der Waals surface area contributed by atoms with Gasteiger partial charge in [0.15, 0.2) is 0 Å². The summed E-state index contributed by atoms with van der Waals surface area (Å²) >= 11 is 0. The topological polar surface area (TPSA) is 99.1 Å². The lowest BCUT2D eigenvalue weighted by atomic mass is 10.1. The summed E-state index contributed by atoms with van der Waals surface area (Å²) in [4.78, 5) is 36.1. The van der Waals surface area contributed by atoms with Crippen LogP contribution in [0.5, 0.6) is 0 Å². The summed E-state index contributed by atoms with van der Waals surface area (Å²) in [6, 6.07) is 6.25. The van der Waals surface area contributed by atoms with Crippen LogP contribution < -0.4 is 5.43 Å². The predicted molar refractivity (Wildman–Crippen MR) is 79.6 cm³/mol. The van der Waals surface area contributed by atoms with Crippen LogP contribution in [-0.2, 0) is 9.59 Å². The second kappa shape index (κ2) is 7.35. The first kappa shape index (κ1) is 15.7. The number of carbonyl (C=O) groups excluding carboxylic acids is 2. The molecule has 2 N–H and O–H groups in total. The number of hydrogen-bond acceptors (Lipinski definition) is 4. The van der Waals surface area contributed by atoms with Gasteiger partial charge in [-0.05, 0) is 25.3 Å². The first-order valence-electron chi connectivity index (χ1n) is 7.04. The monoisotopic (exact) mass is 303 g/mol. The fourth-order valence-corrected chi connectivity index (χ4v) is 2.25. The van der Waals surface area contributed by atoms with E-state index >= 15 is 0 Å². The van der Waals surface area contributed by atoms with Crippen LogP contribution in [0.15, 0.2) is 29.4 Å². The average Bonchev–Trinajstić information content (AvgIpc) is 2.55. The van der Waals surface area contributed by atoms with E-state index in [1.165, 1.54) is 17.2 Å². The van der Waals surface area contributed by atoms with Crippen molar-refractivity contribution in [3.05, 3.63) is 35.4 Å². The molecule has 2 rings (SSSR count).